The minimum Gasteiger partial charge on any atom is -0.0616 e. The lowest BCUT2D eigenvalue weighted by Gasteiger charge is -2.09. The average molecular weight is 485 g/mol. The van der Waals surface area contributed by atoms with Crippen LogP contribution in [0.1, 0.15) is 0 Å². The molecule has 0 radical (unpaired) electrons. The third-order valence-electron chi connectivity index (χ3n) is 2.11. The Morgan fingerprint density at radius 2 is 1.40 bits per heavy atom. The molecule has 0 N–H and O–H groups in total. The quantitative estimate of drug-likeness (QED) is 0.480. The fourth-order valence-electron chi connectivity index (χ4n) is 1.42. The molecule has 0 aliphatic carbocycles. The number of hydrogen-bond donors (Lipinski definition) is 0. The van der Waals surface area contributed by atoms with Gasteiger partial charge in [-0.25, -0.2) is 0 Å². The second kappa shape index (κ2) is 5.14. The van der Waals surface area contributed by atoms with Crippen LogP contribution >= 0.6 is 61.1 Å². The molecule has 3 heteroatoms. The van der Waals surface area contributed by atoms with Crippen LogP contribution in [0.2, 0.25) is 0 Å². The van der Waals surface area contributed by atoms with E-state index in [9.17, 15) is 0 Å². The molecule has 0 unspecified atom stereocenters. The lowest BCUT2D eigenvalue weighted by Crippen LogP contribution is -1.87. The molecule has 0 amide bonds. The summed E-state index contributed by atoms with van der Waals surface area (Å²) in [5.74, 6) is 0. The van der Waals surface area contributed by atoms with E-state index < -0.39 is 0 Å². The topological polar surface area (TPSA) is 0 Å². The molecule has 0 saturated heterocycles. The maximum Gasteiger partial charge on any atom is 0.0254 e. The van der Waals surface area contributed by atoms with Crippen LogP contribution in [0, 0.1) is 7.14 Å². The van der Waals surface area contributed by atoms with E-state index in [0.717, 1.165) is 4.47 Å². The summed E-state index contributed by atoms with van der Waals surface area (Å²) >= 11 is 8.36. The first kappa shape index (κ1) is 11.9. The first-order valence-corrected chi connectivity index (χ1v) is 7.34. The molecule has 0 aromatic heterocycles. The van der Waals surface area contributed by atoms with Crippen molar-refractivity contribution in [2.24, 2.45) is 0 Å². The predicted molar refractivity (Wildman–Crippen MR) is 85.0 cm³/mol. The van der Waals surface area contributed by atoms with E-state index in [1.54, 1.807) is 0 Å². The van der Waals surface area contributed by atoms with Crippen molar-refractivity contribution < 1.29 is 0 Å². The largest absolute Gasteiger partial charge is 0.0616 e. The minimum absolute atomic E-state index is 1.15. The van der Waals surface area contributed by atoms with E-state index in [4.69, 9.17) is 0 Å². The van der Waals surface area contributed by atoms with Crippen LogP contribution < -0.4 is 0 Å². The van der Waals surface area contributed by atoms with Crippen molar-refractivity contribution in [1.29, 1.82) is 0 Å². The Hall–Kier alpha value is 0.380. The fourth-order valence-corrected chi connectivity index (χ4v) is 4.00. The van der Waals surface area contributed by atoms with Gasteiger partial charge in [-0.3, -0.25) is 0 Å². The standard InChI is InChI=1S/C12H7BrI2/c13-9-5-2-1-4-8(9)12-10(14)6-3-7-11(12)15/h1-7H. The molecule has 0 aliphatic rings. The molecule has 0 aliphatic heterocycles. The van der Waals surface area contributed by atoms with E-state index >= 15 is 0 Å². The zero-order valence-electron chi connectivity index (χ0n) is 7.68. The summed E-state index contributed by atoms with van der Waals surface area (Å²) in [6.45, 7) is 0. The van der Waals surface area contributed by atoms with E-state index in [1.165, 1.54) is 18.3 Å². The Morgan fingerprint density at radius 1 is 0.800 bits per heavy atom. The van der Waals surface area contributed by atoms with Crippen molar-refractivity contribution in [3.8, 4) is 11.1 Å². The molecular formula is C12H7BrI2. The summed E-state index contributed by atoms with van der Waals surface area (Å²) in [6.07, 6.45) is 0. The molecule has 0 bridgehead atoms. The minimum atomic E-state index is 1.15. The van der Waals surface area contributed by atoms with Gasteiger partial charge < -0.3 is 0 Å². The van der Waals surface area contributed by atoms with Crippen LogP contribution in [0.25, 0.3) is 11.1 Å². The summed E-state index contributed by atoms with van der Waals surface area (Å²) in [4.78, 5) is 0. The van der Waals surface area contributed by atoms with Crippen LogP contribution in [0.15, 0.2) is 46.9 Å². The predicted octanol–water partition coefficient (Wildman–Crippen LogP) is 5.33. The Morgan fingerprint density at radius 3 is 2.00 bits per heavy atom. The van der Waals surface area contributed by atoms with E-state index in [1.807, 2.05) is 6.07 Å². The number of halogens is 3. The second-order valence-electron chi connectivity index (χ2n) is 3.08. The van der Waals surface area contributed by atoms with Gasteiger partial charge in [-0.1, -0.05) is 40.2 Å². The first-order valence-electron chi connectivity index (χ1n) is 4.39. The number of rotatable bonds is 1. The van der Waals surface area contributed by atoms with Crippen molar-refractivity contribution in [1.82, 2.24) is 0 Å². The molecule has 2 rings (SSSR count). The van der Waals surface area contributed by atoms with E-state index in [2.05, 4.69) is 97.5 Å². The molecule has 15 heavy (non-hydrogen) atoms. The van der Waals surface area contributed by atoms with Crippen molar-refractivity contribution >= 4 is 61.1 Å². The number of hydrogen-bond acceptors (Lipinski definition) is 0. The molecule has 76 valence electrons. The molecule has 0 atom stereocenters. The van der Waals surface area contributed by atoms with Gasteiger partial charge >= 0.3 is 0 Å². The van der Waals surface area contributed by atoms with Crippen LogP contribution in [0.4, 0.5) is 0 Å². The van der Waals surface area contributed by atoms with Crippen LogP contribution in [0.3, 0.4) is 0 Å². The molecule has 0 fully saturated rings. The van der Waals surface area contributed by atoms with Crippen LogP contribution in [0.5, 0.6) is 0 Å². The SMILES string of the molecule is Brc1ccccc1-c1c(I)cccc1I. The monoisotopic (exact) mass is 484 g/mol. The fraction of sp³-hybridized carbons (Fsp3) is 0. The van der Waals surface area contributed by atoms with Gasteiger partial charge in [0.15, 0.2) is 0 Å². The van der Waals surface area contributed by atoms with Gasteiger partial charge in [-0.2, -0.15) is 0 Å². The molecule has 2 aromatic rings. The Labute approximate surface area is 125 Å². The highest BCUT2D eigenvalue weighted by Crippen LogP contribution is 2.34. The summed E-state index contributed by atoms with van der Waals surface area (Å²) in [5.41, 5.74) is 2.57. The maximum atomic E-state index is 3.59. The number of benzene rings is 2. The molecule has 0 nitrogen and oxygen atoms in total. The highest BCUT2D eigenvalue weighted by atomic mass is 127. The average Bonchev–Trinajstić information content (AvgIpc) is 2.20. The van der Waals surface area contributed by atoms with Crippen molar-refractivity contribution in [3.05, 3.63) is 54.1 Å². The van der Waals surface area contributed by atoms with Crippen LogP contribution in [-0.4, -0.2) is 0 Å². The molecular weight excluding hydrogens is 478 g/mol. The summed E-state index contributed by atoms with van der Waals surface area (Å²) in [7, 11) is 0. The van der Waals surface area contributed by atoms with Crippen LogP contribution in [-0.2, 0) is 0 Å². The van der Waals surface area contributed by atoms with Crippen molar-refractivity contribution in [2.45, 2.75) is 0 Å². The Balaban J connectivity index is 2.69. The smallest absolute Gasteiger partial charge is 0.0254 e. The van der Waals surface area contributed by atoms with Gasteiger partial charge in [-0.15, -0.1) is 0 Å². The van der Waals surface area contributed by atoms with Crippen molar-refractivity contribution in [3.63, 3.8) is 0 Å². The van der Waals surface area contributed by atoms with Gasteiger partial charge in [0, 0.05) is 17.2 Å². The third-order valence-corrected chi connectivity index (χ3v) is 4.60. The zero-order valence-corrected chi connectivity index (χ0v) is 13.6. The zero-order chi connectivity index (χ0) is 10.8. The summed E-state index contributed by atoms with van der Waals surface area (Å²) in [5, 5.41) is 0. The van der Waals surface area contributed by atoms with Crippen molar-refractivity contribution in [2.75, 3.05) is 0 Å². The van der Waals surface area contributed by atoms with Gasteiger partial charge in [0.2, 0.25) is 0 Å². The lowest BCUT2D eigenvalue weighted by molar-refractivity contribution is 1.52. The van der Waals surface area contributed by atoms with E-state index in [0.29, 0.717) is 0 Å². The summed E-state index contributed by atoms with van der Waals surface area (Å²) in [6, 6.07) is 14.7. The highest BCUT2D eigenvalue weighted by molar-refractivity contribution is 14.1. The molecule has 0 saturated carbocycles. The van der Waals surface area contributed by atoms with Gasteiger partial charge in [0.25, 0.3) is 0 Å². The van der Waals surface area contributed by atoms with Gasteiger partial charge in [0.1, 0.15) is 0 Å². The molecule has 0 spiro atoms. The maximum absolute atomic E-state index is 3.59. The molecule has 0 heterocycles. The van der Waals surface area contributed by atoms with E-state index in [-0.39, 0.29) is 0 Å². The Kier molecular flexibility index (Phi) is 4.06. The first-order chi connectivity index (χ1) is 7.20. The van der Waals surface area contributed by atoms with Gasteiger partial charge in [-0.05, 0) is 68.9 Å². The normalized spacial score (nSPS) is 10.3. The Bertz CT molecular complexity index is 474. The van der Waals surface area contributed by atoms with Gasteiger partial charge in [0.05, 0.1) is 0 Å². The second-order valence-corrected chi connectivity index (χ2v) is 6.26. The highest BCUT2D eigenvalue weighted by Gasteiger charge is 2.09. The summed E-state index contributed by atoms with van der Waals surface area (Å²) < 4.78 is 3.71. The molecule has 2 aromatic carbocycles. The third kappa shape index (κ3) is 2.55. The lowest BCUT2D eigenvalue weighted by atomic mass is 10.1.